The second-order valence-corrected chi connectivity index (χ2v) is 7.04. The Balaban J connectivity index is 1.84. The summed E-state index contributed by atoms with van der Waals surface area (Å²) in [4.78, 5) is 29.7. The first-order valence-corrected chi connectivity index (χ1v) is 9.26. The number of carbonyl (C=O) groups excluding carboxylic acids is 2. The highest BCUT2D eigenvalue weighted by atomic mass is 19.1. The molecule has 0 spiro atoms. The highest BCUT2D eigenvalue weighted by Gasteiger charge is 2.42. The van der Waals surface area contributed by atoms with Crippen LogP contribution in [-0.4, -0.2) is 43.0 Å². The van der Waals surface area contributed by atoms with Gasteiger partial charge in [-0.2, -0.15) is 0 Å². The number of amides is 2. The van der Waals surface area contributed by atoms with Crippen LogP contribution in [0.3, 0.4) is 0 Å². The average Bonchev–Trinajstić information content (AvgIpc) is 2.96. The summed E-state index contributed by atoms with van der Waals surface area (Å²) in [6.45, 7) is 6.07. The fraction of sp³-hybridized carbons (Fsp3) is 0.273. The van der Waals surface area contributed by atoms with Gasteiger partial charge in [0.2, 0.25) is 0 Å². The topological polar surface area (TPSA) is 49.9 Å². The zero-order valence-electron chi connectivity index (χ0n) is 15.9. The fourth-order valence-corrected chi connectivity index (χ4v) is 3.58. The monoisotopic (exact) mass is 380 g/mol. The second kappa shape index (κ2) is 7.20. The number of morpholine rings is 1. The van der Waals surface area contributed by atoms with Crippen molar-refractivity contribution in [2.45, 2.75) is 13.8 Å². The molecule has 0 bridgehead atoms. The van der Waals surface area contributed by atoms with Crippen LogP contribution < -0.4 is 4.90 Å². The van der Waals surface area contributed by atoms with Crippen LogP contribution in [0.1, 0.15) is 16.7 Å². The Labute approximate surface area is 163 Å². The minimum Gasteiger partial charge on any atom is -0.378 e. The number of anilines is 1. The molecule has 2 aliphatic heterocycles. The van der Waals surface area contributed by atoms with Crippen molar-refractivity contribution in [2.24, 2.45) is 0 Å². The highest BCUT2D eigenvalue weighted by molar-refractivity contribution is 6.45. The van der Waals surface area contributed by atoms with Crippen LogP contribution in [-0.2, 0) is 14.3 Å². The van der Waals surface area contributed by atoms with Crippen molar-refractivity contribution in [3.05, 3.63) is 70.7 Å². The van der Waals surface area contributed by atoms with Gasteiger partial charge in [0.15, 0.2) is 0 Å². The molecule has 1 saturated heterocycles. The third kappa shape index (κ3) is 3.10. The quantitative estimate of drug-likeness (QED) is 0.768. The van der Waals surface area contributed by atoms with Crippen molar-refractivity contribution >= 4 is 23.1 Å². The van der Waals surface area contributed by atoms with E-state index in [1.54, 1.807) is 0 Å². The zero-order valence-corrected chi connectivity index (χ0v) is 15.9. The lowest BCUT2D eigenvalue weighted by Crippen LogP contribution is -2.40. The molecule has 0 radical (unpaired) electrons. The molecule has 5 nitrogen and oxygen atoms in total. The number of aryl methyl sites for hydroxylation is 2. The molecule has 6 heteroatoms. The first kappa shape index (κ1) is 18.4. The molecular weight excluding hydrogens is 359 g/mol. The summed E-state index contributed by atoms with van der Waals surface area (Å²) in [5.41, 5.74) is 4.02. The Hall–Kier alpha value is -2.99. The third-order valence-electron chi connectivity index (χ3n) is 5.27. The van der Waals surface area contributed by atoms with Crippen molar-refractivity contribution in [3.63, 3.8) is 0 Å². The van der Waals surface area contributed by atoms with E-state index in [4.69, 9.17) is 4.74 Å². The van der Waals surface area contributed by atoms with E-state index in [1.165, 1.54) is 24.3 Å². The standard InChI is InChI=1S/C22H21FN2O3/c1-14-3-4-16(13-15(14)2)19-20(24-9-11-28-12-10-24)22(27)25(21(19)26)18-7-5-17(23)6-8-18/h3-8,13H,9-12H2,1-2H3. The summed E-state index contributed by atoms with van der Waals surface area (Å²) in [6, 6.07) is 11.2. The molecule has 0 aliphatic carbocycles. The number of ether oxygens (including phenoxy) is 1. The summed E-state index contributed by atoms with van der Waals surface area (Å²) in [6.07, 6.45) is 0. The van der Waals surface area contributed by atoms with Crippen molar-refractivity contribution in [3.8, 4) is 0 Å². The van der Waals surface area contributed by atoms with Gasteiger partial charge >= 0.3 is 0 Å². The average molecular weight is 380 g/mol. The lowest BCUT2D eigenvalue weighted by atomic mass is 9.99. The van der Waals surface area contributed by atoms with Gasteiger partial charge in [-0.25, -0.2) is 9.29 Å². The molecule has 28 heavy (non-hydrogen) atoms. The summed E-state index contributed by atoms with van der Waals surface area (Å²) in [7, 11) is 0. The molecule has 2 amide bonds. The molecule has 0 atom stereocenters. The second-order valence-electron chi connectivity index (χ2n) is 7.04. The van der Waals surface area contributed by atoms with Crippen LogP contribution >= 0.6 is 0 Å². The fourth-order valence-electron chi connectivity index (χ4n) is 3.58. The van der Waals surface area contributed by atoms with Crippen LogP contribution in [0.2, 0.25) is 0 Å². The van der Waals surface area contributed by atoms with E-state index in [2.05, 4.69) is 0 Å². The van der Waals surface area contributed by atoms with Crippen LogP contribution in [0.15, 0.2) is 48.2 Å². The zero-order chi connectivity index (χ0) is 19.8. The number of hydrogen-bond donors (Lipinski definition) is 0. The smallest absolute Gasteiger partial charge is 0.282 e. The Morgan fingerprint density at radius 2 is 1.57 bits per heavy atom. The Morgan fingerprint density at radius 3 is 2.21 bits per heavy atom. The van der Waals surface area contributed by atoms with Gasteiger partial charge < -0.3 is 9.64 Å². The van der Waals surface area contributed by atoms with E-state index in [9.17, 15) is 14.0 Å². The van der Waals surface area contributed by atoms with Crippen molar-refractivity contribution in [1.82, 2.24) is 4.90 Å². The molecule has 2 heterocycles. The van der Waals surface area contributed by atoms with Gasteiger partial charge in [0.25, 0.3) is 11.8 Å². The Bertz CT molecular complexity index is 976. The SMILES string of the molecule is Cc1ccc(C2=C(N3CCOCC3)C(=O)N(c3ccc(F)cc3)C2=O)cc1C. The van der Waals surface area contributed by atoms with Crippen LogP contribution in [0, 0.1) is 19.7 Å². The number of benzene rings is 2. The first-order valence-electron chi connectivity index (χ1n) is 9.26. The van der Waals surface area contributed by atoms with Crippen molar-refractivity contribution < 1.29 is 18.7 Å². The van der Waals surface area contributed by atoms with Gasteiger partial charge in [-0.3, -0.25) is 9.59 Å². The molecule has 0 N–H and O–H groups in total. The molecule has 2 aromatic carbocycles. The molecule has 4 rings (SSSR count). The normalized spacial score (nSPS) is 17.7. The minimum atomic E-state index is -0.418. The molecular formula is C22H21FN2O3. The third-order valence-corrected chi connectivity index (χ3v) is 5.27. The van der Waals surface area contributed by atoms with Gasteiger partial charge in [-0.1, -0.05) is 18.2 Å². The molecule has 0 aromatic heterocycles. The maximum absolute atomic E-state index is 13.3. The molecule has 0 saturated carbocycles. The van der Waals surface area contributed by atoms with Gasteiger partial charge in [-0.15, -0.1) is 0 Å². The summed E-state index contributed by atoms with van der Waals surface area (Å²) in [5.74, 6) is -1.19. The summed E-state index contributed by atoms with van der Waals surface area (Å²) >= 11 is 0. The largest absolute Gasteiger partial charge is 0.378 e. The van der Waals surface area contributed by atoms with E-state index < -0.39 is 5.82 Å². The van der Waals surface area contributed by atoms with Crippen molar-refractivity contribution in [2.75, 3.05) is 31.2 Å². The van der Waals surface area contributed by atoms with Gasteiger partial charge in [0.1, 0.15) is 11.5 Å². The van der Waals surface area contributed by atoms with Crippen LogP contribution in [0.4, 0.5) is 10.1 Å². The van der Waals surface area contributed by atoms with E-state index in [-0.39, 0.29) is 11.8 Å². The lowest BCUT2D eigenvalue weighted by Gasteiger charge is -2.29. The number of nitrogens with zero attached hydrogens (tertiary/aromatic N) is 2. The Morgan fingerprint density at radius 1 is 0.893 bits per heavy atom. The molecule has 0 unspecified atom stereocenters. The number of rotatable bonds is 3. The van der Waals surface area contributed by atoms with Gasteiger partial charge in [-0.05, 0) is 54.8 Å². The first-order chi connectivity index (χ1) is 13.5. The highest BCUT2D eigenvalue weighted by Crippen LogP contribution is 2.35. The van der Waals surface area contributed by atoms with E-state index in [1.807, 2.05) is 36.9 Å². The summed E-state index contributed by atoms with van der Waals surface area (Å²) in [5, 5.41) is 0. The predicted octanol–water partition coefficient (Wildman–Crippen LogP) is 3.06. The maximum Gasteiger partial charge on any atom is 0.282 e. The number of carbonyl (C=O) groups is 2. The summed E-state index contributed by atoms with van der Waals surface area (Å²) < 4.78 is 18.7. The molecule has 144 valence electrons. The molecule has 1 fully saturated rings. The van der Waals surface area contributed by atoms with E-state index >= 15 is 0 Å². The molecule has 2 aliphatic rings. The van der Waals surface area contributed by atoms with Crippen LogP contribution in [0.5, 0.6) is 0 Å². The number of halogens is 1. The maximum atomic E-state index is 13.3. The van der Waals surface area contributed by atoms with Crippen LogP contribution in [0.25, 0.3) is 5.57 Å². The predicted molar refractivity (Wildman–Crippen MR) is 104 cm³/mol. The number of hydrogen-bond acceptors (Lipinski definition) is 4. The minimum absolute atomic E-state index is 0.362. The molecule has 2 aromatic rings. The van der Waals surface area contributed by atoms with Gasteiger partial charge in [0.05, 0.1) is 24.5 Å². The Kier molecular flexibility index (Phi) is 4.73. The van der Waals surface area contributed by atoms with Crippen molar-refractivity contribution in [1.29, 1.82) is 0 Å². The van der Waals surface area contributed by atoms with Gasteiger partial charge in [0, 0.05) is 13.1 Å². The van der Waals surface area contributed by atoms with E-state index in [0.29, 0.717) is 48.8 Å². The number of imide groups is 1. The lowest BCUT2D eigenvalue weighted by molar-refractivity contribution is -0.121. The van der Waals surface area contributed by atoms with E-state index in [0.717, 1.165) is 16.0 Å².